The molecule has 122 valence electrons. The average molecular weight is 315 g/mol. The summed E-state index contributed by atoms with van der Waals surface area (Å²) < 4.78 is 5.08. The number of hydrogen-bond acceptors (Lipinski definition) is 4. The number of likely N-dealkylation sites (tertiary alicyclic amines) is 1. The Morgan fingerprint density at radius 3 is 2.87 bits per heavy atom. The van der Waals surface area contributed by atoms with E-state index in [1.54, 1.807) is 4.90 Å². The molecule has 2 amide bonds. The Morgan fingerprint density at radius 1 is 1.35 bits per heavy atom. The predicted molar refractivity (Wildman–Crippen MR) is 84.2 cm³/mol. The van der Waals surface area contributed by atoms with Crippen LogP contribution in [0.2, 0.25) is 0 Å². The molecule has 6 heteroatoms. The van der Waals surface area contributed by atoms with Crippen molar-refractivity contribution in [3.8, 4) is 6.07 Å². The van der Waals surface area contributed by atoms with E-state index in [4.69, 9.17) is 10.00 Å². The van der Waals surface area contributed by atoms with Crippen LogP contribution in [0, 0.1) is 11.3 Å². The summed E-state index contributed by atoms with van der Waals surface area (Å²) in [5.74, 6) is -0.0199. The highest BCUT2D eigenvalue weighted by atomic mass is 16.5. The van der Waals surface area contributed by atoms with Crippen LogP contribution in [-0.2, 0) is 16.1 Å². The van der Waals surface area contributed by atoms with Gasteiger partial charge in [0.25, 0.3) is 0 Å². The van der Waals surface area contributed by atoms with E-state index in [1.165, 1.54) is 0 Å². The highest BCUT2D eigenvalue weighted by Crippen LogP contribution is 2.17. The third-order valence-corrected chi connectivity index (χ3v) is 3.77. The van der Waals surface area contributed by atoms with E-state index in [1.807, 2.05) is 30.3 Å². The number of hydrogen-bond donors (Lipinski definition) is 1. The van der Waals surface area contributed by atoms with Crippen molar-refractivity contribution in [2.24, 2.45) is 0 Å². The van der Waals surface area contributed by atoms with Gasteiger partial charge in [0.2, 0.25) is 5.91 Å². The van der Waals surface area contributed by atoms with Crippen LogP contribution < -0.4 is 5.32 Å². The molecular weight excluding hydrogens is 294 g/mol. The van der Waals surface area contributed by atoms with Crippen molar-refractivity contribution in [3.63, 3.8) is 0 Å². The fourth-order valence-electron chi connectivity index (χ4n) is 2.55. The summed E-state index contributed by atoms with van der Waals surface area (Å²) in [6.45, 7) is 1.26. The lowest BCUT2D eigenvalue weighted by molar-refractivity contribution is -0.131. The SMILES string of the molecule is N#CC1CCCN1C(=O)CCCNC(=O)OCc1ccccc1. The first-order chi connectivity index (χ1) is 11.2. The molecule has 1 aromatic rings. The zero-order valence-corrected chi connectivity index (χ0v) is 13.0. The molecule has 1 saturated heterocycles. The Balaban J connectivity index is 1.59. The molecule has 0 bridgehead atoms. The van der Waals surface area contributed by atoms with E-state index in [9.17, 15) is 9.59 Å². The summed E-state index contributed by atoms with van der Waals surface area (Å²) in [4.78, 5) is 25.2. The molecule has 1 atom stereocenters. The number of rotatable bonds is 6. The van der Waals surface area contributed by atoms with Gasteiger partial charge < -0.3 is 15.0 Å². The maximum Gasteiger partial charge on any atom is 0.407 e. The van der Waals surface area contributed by atoms with Crippen molar-refractivity contribution in [1.29, 1.82) is 5.26 Å². The van der Waals surface area contributed by atoms with E-state index in [2.05, 4.69) is 11.4 Å². The Hall–Kier alpha value is -2.55. The normalized spacial score (nSPS) is 16.7. The molecule has 1 fully saturated rings. The standard InChI is InChI=1S/C17H21N3O3/c18-12-15-8-5-11-20(15)16(21)9-4-10-19-17(22)23-13-14-6-2-1-3-7-14/h1-3,6-7,15H,4-5,8-11,13H2,(H,19,22). The van der Waals surface area contributed by atoms with Crippen molar-refractivity contribution in [2.75, 3.05) is 13.1 Å². The van der Waals surface area contributed by atoms with Gasteiger partial charge in [-0.05, 0) is 24.8 Å². The third-order valence-electron chi connectivity index (χ3n) is 3.77. The largest absolute Gasteiger partial charge is 0.445 e. The van der Waals surface area contributed by atoms with Crippen LogP contribution in [0.3, 0.4) is 0 Å². The highest BCUT2D eigenvalue weighted by molar-refractivity contribution is 5.77. The molecule has 1 unspecified atom stereocenters. The minimum absolute atomic E-state index is 0.0199. The maximum atomic E-state index is 12.0. The summed E-state index contributed by atoms with van der Waals surface area (Å²) in [5.41, 5.74) is 0.925. The Bertz CT molecular complexity index is 568. The summed E-state index contributed by atoms with van der Waals surface area (Å²) in [6, 6.07) is 11.3. The second-order valence-electron chi connectivity index (χ2n) is 5.47. The summed E-state index contributed by atoms with van der Waals surface area (Å²) in [7, 11) is 0. The molecular formula is C17H21N3O3. The lowest BCUT2D eigenvalue weighted by Crippen LogP contribution is -2.35. The van der Waals surface area contributed by atoms with Gasteiger partial charge >= 0.3 is 6.09 Å². The number of nitriles is 1. The fraction of sp³-hybridized carbons (Fsp3) is 0.471. The first kappa shape index (κ1) is 16.8. The zero-order chi connectivity index (χ0) is 16.5. The minimum Gasteiger partial charge on any atom is -0.445 e. The Morgan fingerprint density at radius 2 is 2.13 bits per heavy atom. The van der Waals surface area contributed by atoms with Crippen LogP contribution in [0.5, 0.6) is 0 Å². The van der Waals surface area contributed by atoms with E-state index in [0.29, 0.717) is 25.9 Å². The smallest absolute Gasteiger partial charge is 0.407 e. The first-order valence-corrected chi connectivity index (χ1v) is 7.84. The molecule has 1 aliphatic heterocycles. The molecule has 1 aliphatic rings. The molecule has 1 N–H and O–H groups in total. The predicted octanol–water partition coefficient (Wildman–Crippen LogP) is 2.21. The van der Waals surface area contributed by atoms with Crippen molar-refractivity contribution >= 4 is 12.0 Å². The molecule has 0 saturated carbocycles. The number of ether oxygens (including phenoxy) is 1. The van der Waals surface area contributed by atoms with E-state index in [-0.39, 0.29) is 18.6 Å². The van der Waals surface area contributed by atoms with E-state index >= 15 is 0 Å². The van der Waals surface area contributed by atoms with Crippen LogP contribution in [0.25, 0.3) is 0 Å². The second-order valence-corrected chi connectivity index (χ2v) is 5.47. The molecule has 1 heterocycles. The Labute approximate surface area is 136 Å². The van der Waals surface area contributed by atoms with Gasteiger partial charge in [-0.1, -0.05) is 30.3 Å². The van der Waals surface area contributed by atoms with Gasteiger partial charge in [0.05, 0.1) is 6.07 Å². The lowest BCUT2D eigenvalue weighted by atomic mass is 10.2. The van der Waals surface area contributed by atoms with Gasteiger partial charge in [0, 0.05) is 19.5 Å². The van der Waals surface area contributed by atoms with Gasteiger partial charge in [-0.3, -0.25) is 4.79 Å². The van der Waals surface area contributed by atoms with Crippen LogP contribution in [-0.4, -0.2) is 36.0 Å². The van der Waals surface area contributed by atoms with E-state index in [0.717, 1.165) is 18.4 Å². The van der Waals surface area contributed by atoms with Gasteiger partial charge in [-0.25, -0.2) is 4.79 Å². The molecule has 6 nitrogen and oxygen atoms in total. The maximum absolute atomic E-state index is 12.0. The molecule has 23 heavy (non-hydrogen) atoms. The summed E-state index contributed by atoms with van der Waals surface area (Å²) >= 11 is 0. The first-order valence-electron chi connectivity index (χ1n) is 7.84. The molecule has 0 aliphatic carbocycles. The molecule has 0 aromatic heterocycles. The van der Waals surface area contributed by atoms with Crippen molar-refractivity contribution in [1.82, 2.24) is 10.2 Å². The van der Waals surface area contributed by atoms with Crippen LogP contribution in [0.1, 0.15) is 31.2 Å². The number of benzene rings is 1. The van der Waals surface area contributed by atoms with Crippen LogP contribution in [0.4, 0.5) is 4.79 Å². The number of nitrogens with zero attached hydrogens (tertiary/aromatic N) is 2. The van der Waals surface area contributed by atoms with Crippen molar-refractivity contribution < 1.29 is 14.3 Å². The third kappa shape index (κ3) is 5.29. The summed E-state index contributed by atoms with van der Waals surface area (Å²) in [6.07, 6.45) is 2.02. The lowest BCUT2D eigenvalue weighted by Gasteiger charge is -2.19. The number of alkyl carbamates (subject to hydrolysis) is 1. The van der Waals surface area contributed by atoms with Gasteiger partial charge in [-0.2, -0.15) is 5.26 Å². The highest BCUT2D eigenvalue weighted by Gasteiger charge is 2.27. The van der Waals surface area contributed by atoms with Crippen molar-refractivity contribution in [2.45, 2.75) is 38.3 Å². The average Bonchev–Trinajstić information content (AvgIpc) is 3.06. The number of carbonyl (C=O) groups excluding carboxylic acids is 2. The fourth-order valence-corrected chi connectivity index (χ4v) is 2.55. The molecule has 0 spiro atoms. The van der Waals surface area contributed by atoms with Crippen LogP contribution >= 0.6 is 0 Å². The van der Waals surface area contributed by atoms with Gasteiger partial charge in [0.15, 0.2) is 0 Å². The van der Waals surface area contributed by atoms with Gasteiger partial charge in [0.1, 0.15) is 12.6 Å². The zero-order valence-electron chi connectivity index (χ0n) is 13.0. The minimum atomic E-state index is -0.489. The number of nitrogens with one attached hydrogen (secondary N) is 1. The topological polar surface area (TPSA) is 82.4 Å². The monoisotopic (exact) mass is 315 g/mol. The number of amides is 2. The quantitative estimate of drug-likeness (QED) is 0.816. The molecule has 2 rings (SSSR count). The van der Waals surface area contributed by atoms with Crippen molar-refractivity contribution in [3.05, 3.63) is 35.9 Å². The molecule has 1 aromatic carbocycles. The Kier molecular flexibility index (Phi) is 6.42. The van der Waals surface area contributed by atoms with E-state index < -0.39 is 6.09 Å². The summed E-state index contributed by atoms with van der Waals surface area (Å²) in [5, 5.41) is 11.6. The van der Waals surface area contributed by atoms with Gasteiger partial charge in [-0.15, -0.1) is 0 Å². The molecule has 0 radical (unpaired) electrons. The van der Waals surface area contributed by atoms with Crippen LogP contribution in [0.15, 0.2) is 30.3 Å². The number of carbonyl (C=O) groups is 2. The second kappa shape index (κ2) is 8.79.